The summed E-state index contributed by atoms with van der Waals surface area (Å²) in [6.07, 6.45) is 0.270. The van der Waals surface area contributed by atoms with Crippen LogP contribution in [0.4, 0.5) is 0 Å². The van der Waals surface area contributed by atoms with Gasteiger partial charge in [0, 0.05) is 6.42 Å². The zero-order chi connectivity index (χ0) is 12.0. The zero-order valence-electron chi connectivity index (χ0n) is 8.76. The second-order valence-corrected chi connectivity index (χ2v) is 3.35. The molecule has 0 radical (unpaired) electrons. The minimum Gasteiger partial charge on any atom is -0.425 e. The van der Waals surface area contributed by atoms with E-state index in [0.29, 0.717) is 5.75 Å². The summed E-state index contributed by atoms with van der Waals surface area (Å²) in [6, 6.07) is 7.78. The standard InChI is InChI=1S/C11H14N2O3/c12-9(6-7-10(13)14)11(15)16-8-4-2-1-3-5-8/h1-5,9H,6-7,12H2,(H2,13,14). The monoisotopic (exact) mass is 222 g/mol. The van der Waals surface area contributed by atoms with Crippen molar-refractivity contribution in [2.45, 2.75) is 18.9 Å². The lowest BCUT2D eigenvalue weighted by atomic mass is 10.1. The molecule has 0 aliphatic carbocycles. The Labute approximate surface area is 93.4 Å². The SMILES string of the molecule is NC(=O)CCC(N)C(=O)Oc1ccccc1. The average Bonchev–Trinajstić information content (AvgIpc) is 2.27. The molecular formula is C11H14N2O3. The predicted molar refractivity (Wildman–Crippen MR) is 58.5 cm³/mol. The molecule has 0 bridgehead atoms. The van der Waals surface area contributed by atoms with Gasteiger partial charge in [0.1, 0.15) is 11.8 Å². The van der Waals surface area contributed by atoms with Crippen molar-refractivity contribution in [3.8, 4) is 5.75 Å². The van der Waals surface area contributed by atoms with Gasteiger partial charge in [-0.2, -0.15) is 0 Å². The number of benzene rings is 1. The van der Waals surface area contributed by atoms with Crippen LogP contribution < -0.4 is 16.2 Å². The molecule has 16 heavy (non-hydrogen) atoms. The number of carbonyl (C=O) groups excluding carboxylic acids is 2. The molecule has 5 heteroatoms. The normalized spacial score (nSPS) is 11.8. The van der Waals surface area contributed by atoms with Crippen LogP contribution >= 0.6 is 0 Å². The summed E-state index contributed by atoms with van der Waals surface area (Å²) in [5.74, 6) is -0.613. The van der Waals surface area contributed by atoms with Crippen molar-refractivity contribution >= 4 is 11.9 Å². The maximum absolute atomic E-state index is 11.4. The van der Waals surface area contributed by atoms with Crippen LogP contribution in [0.2, 0.25) is 0 Å². The van der Waals surface area contributed by atoms with Crippen molar-refractivity contribution in [3.63, 3.8) is 0 Å². The Kier molecular flexibility index (Phi) is 4.47. The number of rotatable bonds is 5. The molecule has 0 heterocycles. The Morgan fingerprint density at radius 3 is 2.44 bits per heavy atom. The fourth-order valence-electron chi connectivity index (χ4n) is 1.10. The summed E-state index contributed by atoms with van der Waals surface area (Å²) >= 11 is 0. The lowest BCUT2D eigenvalue weighted by Crippen LogP contribution is -2.35. The molecule has 1 amide bonds. The maximum atomic E-state index is 11.4. The predicted octanol–water partition coefficient (Wildman–Crippen LogP) is 0.185. The largest absolute Gasteiger partial charge is 0.425 e. The highest BCUT2D eigenvalue weighted by Crippen LogP contribution is 2.09. The second kappa shape index (κ2) is 5.87. The lowest BCUT2D eigenvalue weighted by Gasteiger charge is -2.09. The van der Waals surface area contributed by atoms with Crippen molar-refractivity contribution < 1.29 is 14.3 Å². The molecule has 0 spiro atoms. The molecule has 0 aliphatic rings. The first kappa shape index (κ1) is 12.2. The third kappa shape index (κ3) is 4.10. The summed E-state index contributed by atoms with van der Waals surface area (Å²) in [4.78, 5) is 21.9. The third-order valence-electron chi connectivity index (χ3n) is 1.97. The van der Waals surface area contributed by atoms with Gasteiger partial charge in [0.05, 0.1) is 0 Å². The summed E-state index contributed by atoms with van der Waals surface area (Å²) in [7, 11) is 0. The molecule has 1 unspecified atom stereocenters. The van der Waals surface area contributed by atoms with Gasteiger partial charge in [-0.25, -0.2) is 4.79 Å². The number of hydrogen-bond donors (Lipinski definition) is 2. The quantitative estimate of drug-likeness (QED) is 0.549. The summed E-state index contributed by atoms with van der Waals surface area (Å²) in [5.41, 5.74) is 10.5. The first-order chi connectivity index (χ1) is 7.59. The number of hydrogen-bond acceptors (Lipinski definition) is 4. The molecular weight excluding hydrogens is 208 g/mol. The topological polar surface area (TPSA) is 95.4 Å². The maximum Gasteiger partial charge on any atom is 0.328 e. The Morgan fingerprint density at radius 2 is 1.88 bits per heavy atom. The smallest absolute Gasteiger partial charge is 0.328 e. The van der Waals surface area contributed by atoms with E-state index in [4.69, 9.17) is 16.2 Å². The zero-order valence-corrected chi connectivity index (χ0v) is 8.76. The van der Waals surface area contributed by atoms with Gasteiger partial charge in [-0.15, -0.1) is 0 Å². The number of esters is 1. The first-order valence-corrected chi connectivity index (χ1v) is 4.90. The summed E-state index contributed by atoms with van der Waals surface area (Å²) < 4.78 is 4.99. The third-order valence-corrected chi connectivity index (χ3v) is 1.97. The fraction of sp³-hybridized carbons (Fsp3) is 0.273. The molecule has 5 nitrogen and oxygen atoms in total. The summed E-state index contributed by atoms with van der Waals surface area (Å²) in [6.45, 7) is 0. The molecule has 0 aromatic heterocycles. The van der Waals surface area contributed by atoms with E-state index in [2.05, 4.69) is 0 Å². The Hall–Kier alpha value is -1.88. The van der Waals surface area contributed by atoms with Crippen LogP contribution in [0.1, 0.15) is 12.8 Å². The van der Waals surface area contributed by atoms with Gasteiger partial charge < -0.3 is 16.2 Å². The van der Waals surface area contributed by atoms with Gasteiger partial charge in [0.2, 0.25) is 5.91 Å². The highest BCUT2D eigenvalue weighted by molar-refractivity contribution is 5.79. The highest BCUT2D eigenvalue weighted by Gasteiger charge is 2.16. The van der Waals surface area contributed by atoms with Crippen LogP contribution in [0.25, 0.3) is 0 Å². The van der Waals surface area contributed by atoms with Crippen LogP contribution in [-0.4, -0.2) is 17.9 Å². The molecule has 0 aliphatic heterocycles. The molecule has 1 atom stereocenters. The minimum atomic E-state index is -0.826. The van der Waals surface area contributed by atoms with E-state index in [1.54, 1.807) is 24.3 Å². The fourth-order valence-corrected chi connectivity index (χ4v) is 1.10. The Bertz CT molecular complexity index is 365. The molecule has 0 saturated carbocycles. The van der Waals surface area contributed by atoms with E-state index in [-0.39, 0.29) is 12.8 Å². The van der Waals surface area contributed by atoms with E-state index < -0.39 is 17.9 Å². The van der Waals surface area contributed by atoms with Crippen LogP contribution in [0.15, 0.2) is 30.3 Å². The van der Waals surface area contributed by atoms with Gasteiger partial charge in [-0.1, -0.05) is 18.2 Å². The van der Waals surface area contributed by atoms with E-state index in [1.165, 1.54) is 0 Å². The van der Waals surface area contributed by atoms with Crippen molar-refractivity contribution in [2.75, 3.05) is 0 Å². The molecule has 1 aromatic carbocycles. The van der Waals surface area contributed by atoms with E-state index in [0.717, 1.165) is 0 Å². The molecule has 4 N–H and O–H groups in total. The minimum absolute atomic E-state index is 0.0745. The number of primary amides is 1. The molecule has 1 aromatic rings. The van der Waals surface area contributed by atoms with Crippen molar-refractivity contribution in [1.29, 1.82) is 0 Å². The van der Waals surface area contributed by atoms with Crippen LogP contribution in [-0.2, 0) is 9.59 Å². The molecule has 0 fully saturated rings. The van der Waals surface area contributed by atoms with Crippen LogP contribution in [0.5, 0.6) is 5.75 Å². The van der Waals surface area contributed by atoms with Crippen LogP contribution in [0, 0.1) is 0 Å². The molecule has 1 rings (SSSR count). The van der Waals surface area contributed by atoms with Gasteiger partial charge in [0.15, 0.2) is 0 Å². The van der Waals surface area contributed by atoms with Gasteiger partial charge >= 0.3 is 5.97 Å². The van der Waals surface area contributed by atoms with Gasteiger partial charge in [0.25, 0.3) is 0 Å². The molecule has 0 saturated heterocycles. The second-order valence-electron chi connectivity index (χ2n) is 3.35. The number of nitrogens with two attached hydrogens (primary N) is 2. The van der Waals surface area contributed by atoms with Crippen molar-refractivity contribution in [1.82, 2.24) is 0 Å². The highest BCUT2D eigenvalue weighted by atomic mass is 16.5. The van der Waals surface area contributed by atoms with Crippen LogP contribution in [0.3, 0.4) is 0 Å². The Balaban J connectivity index is 2.43. The first-order valence-electron chi connectivity index (χ1n) is 4.90. The lowest BCUT2D eigenvalue weighted by molar-refractivity contribution is -0.136. The Morgan fingerprint density at radius 1 is 1.25 bits per heavy atom. The van der Waals surface area contributed by atoms with E-state index in [9.17, 15) is 9.59 Å². The number of amides is 1. The van der Waals surface area contributed by atoms with E-state index in [1.807, 2.05) is 6.07 Å². The van der Waals surface area contributed by atoms with Gasteiger partial charge in [-0.3, -0.25) is 4.79 Å². The number of ether oxygens (including phenoxy) is 1. The van der Waals surface area contributed by atoms with E-state index >= 15 is 0 Å². The average molecular weight is 222 g/mol. The molecule has 86 valence electrons. The van der Waals surface area contributed by atoms with Gasteiger partial charge in [-0.05, 0) is 18.6 Å². The number of para-hydroxylation sites is 1. The number of carbonyl (C=O) groups is 2. The van der Waals surface area contributed by atoms with Crippen molar-refractivity contribution in [2.24, 2.45) is 11.5 Å². The summed E-state index contributed by atoms with van der Waals surface area (Å²) in [5, 5.41) is 0. The van der Waals surface area contributed by atoms with Crippen molar-refractivity contribution in [3.05, 3.63) is 30.3 Å².